The van der Waals surface area contributed by atoms with E-state index >= 15 is 0 Å². The number of hydrogen-bond acceptors (Lipinski definition) is 5. The van der Waals surface area contributed by atoms with Crippen LogP contribution in [-0.4, -0.2) is 23.6 Å². The molecule has 2 rings (SSSR count). The van der Waals surface area contributed by atoms with Crippen LogP contribution in [0.2, 0.25) is 0 Å². The minimum atomic E-state index is -0.477. The molecule has 0 unspecified atom stereocenters. The fraction of sp³-hybridized carbons (Fsp3) is 0.571. The number of thiophene rings is 1. The summed E-state index contributed by atoms with van der Waals surface area (Å²) in [5.74, 6) is 1.63. The zero-order valence-corrected chi connectivity index (χ0v) is 13.0. The Labute approximate surface area is 118 Å². The lowest BCUT2D eigenvalue weighted by Crippen LogP contribution is -2.23. The largest absolute Gasteiger partial charge is 0.371 e. The summed E-state index contributed by atoms with van der Waals surface area (Å²) in [7, 11) is 1.69. The van der Waals surface area contributed by atoms with Crippen LogP contribution in [0.25, 0.3) is 10.2 Å². The van der Waals surface area contributed by atoms with Crippen molar-refractivity contribution < 1.29 is 4.74 Å². The zero-order chi connectivity index (χ0) is 14.0. The SMILES string of the molecule is CCNc1nc(C(C)(C)OC)nc2sc(CC)cc12. The van der Waals surface area contributed by atoms with Crippen LogP contribution in [0.3, 0.4) is 0 Å². The number of methoxy groups -OCH3 is 1. The van der Waals surface area contributed by atoms with Gasteiger partial charge in [-0.1, -0.05) is 6.92 Å². The lowest BCUT2D eigenvalue weighted by Gasteiger charge is -2.21. The van der Waals surface area contributed by atoms with Crippen LogP contribution < -0.4 is 5.32 Å². The van der Waals surface area contributed by atoms with Crippen molar-refractivity contribution in [1.29, 1.82) is 0 Å². The van der Waals surface area contributed by atoms with Gasteiger partial charge in [-0.25, -0.2) is 9.97 Å². The normalized spacial score (nSPS) is 12.1. The van der Waals surface area contributed by atoms with Crippen LogP contribution in [0, 0.1) is 0 Å². The van der Waals surface area contributed by atoms with Crippen LogP contribution in [0.15, 0.2) is 6.07 Å². The van der Waals surface area contributed by atoms with E-state index in [2.05, 4.69) is 35.2 Å². The predicted molar refractivity (Wildman–Crippen MR) is 81.0 cm³/mol. The highest BCUT2D eigenvalue weighted by atomic mass is 32.1. The van der Waals surface area contributed by atoms with E-state index in [1.807, 2.05) is 13.8 Å². The zero-order valence-electron chi connectivity index (χ0n) is 12.2. The monoisotopic (exact) mass is 279 g/mol. The molecule has 1 N–H and O–H groups in total. The van der Waals surface area contributed by atoms with Crippen molar-refractivity contribution in [2.75, 3.05) is 19.0 Å². The summed E-state index contributed by atoms with van der Waals surface area (Å²) in [6.45, 7) is 9.04. The van der Waals surface area contributed by atoms with Crippen LogP contribution in [0.4, 0.5) is 5.82 Å². The van der Waals surface area contributed by atoms with Crippen molar-refractivity contribution in [3.05, 3.63) is 16.8 Å². The third kappa shape index (κ3) is 2.72. The second kappa shape index (κ2) is 5.43. The van der Waals surface area contributed by atoms with E-state index in [1.54, 1.807) is 18.4 Å². The number of hydrogen-bond donors (Lipinski definition) is 1. The van der Waals surface area contributed by atoms with E-state index in [1.165, 1.54) is 4.88 Å². The molecule has 0 aliphatic rings. The molecular weight excluding hydrogens is 258 g/mol. The molecule has 19 heavy (non-hydrogen) atoms. The predicted octanol–water partition coefficient (Wildman–Crippen LogP) is 3.57. The number of fused-ring (bicyclic) bond motifs is 1. The second-order valence-corrected chi connectivity index (χ2v) is 6.04. The third-order valence-electron chi connectivity index (χ3n) is 3.19. The lowest BCUT2D eigenvalue weighted by atomic mass is 10.1. The molecule has 0 saturated heterocycles. The van der Waals surface area contributed by atoms with Crippen molar-refractivity contribution in [1.82, 2.24) is 9.97 Å². The van der Waals surface area contributed by atoms with E-state index in [9.17, 15) is 0 Å². The Morgan fingerprint density at radius 3 is 2.63 bits per heavy atom. The summed E-state index contributed by atoms with van der Waals surface area (Å²) in [6, 6.07) is 2.18. The van der Waals surface area contributed by atoms with Gasteiger partial charge in [-0.2, -0.15) is 0 Å². The first-order chi connectivity index (χ1) is 9.01. The molecule has 0 fully saturated rings. The summed E-state index contributed by atoms with van der Waals surface area (Å²) in [5.41, 5.74) is -0.477. The molecule has 0 radical (unpaired) electrons. The van der Waals surface area contributed by atoms with E-state index in [-0.39, 0.29) is 0 Å². The van der Waals surface area contributed by atoms with Gasteiger partial charge in [0.2, 0.25) is 0 Å². The molecule has 0 amide bonds. The first-order valence-corrected chi connectivity index (χ1v) is 7.43. The van der Waals surface area contributed by atoms with Gasteiger partial charge in [0.1, 0.15) is 16.2 Å². The van der Waals surface area contributed by atoms with Gasteiger partial charge < -0.3 is 10.1 Å². The Kier molecular flexibility index (Phi) is 4.06. The average Bonchev–Trinajstić information content (AvgIpc) is 2.82. The van der Waals surface area contributed by atoms with Crippen LogP contribution in [-0.2, 0) is 16.8 Å². The van der Waals surface area contributed by atoms with Crippen molar-refractivity contribution in [2.45, 2.75) is 39.7 Å². The Bertz CT molecular complexity index is 577. The molecule has 2 aromatic heterocycles. The minimum absolute atomic E-state index is 0.477. The number of aryl methyl sites for hydroxylation is 1. The topological polar surface area (TPSA) is 47.0 Å². The van der Waals surface area contributed by atoms with Crippen molar-refractivity contribution >= 4 is 27.4 Å². The Morgan fingerprint density at radius 2 is 2.05 bits per heavy atom. The molecule has 0 aliphatic heterocycles. The molecule has 2 aromatic rings. The summed E-state index contributed by atoms with van der Waals surface area (Å²) in [5, 5.41) is 4.44. The number of nitrogens with one attached hydrogen (secondary N) is 1. The van der Waals surface area contributed by atoms with Crippen molar-refractivity contribution in [3.8, 4) is 0 Å². The van der Waals surface area contributed by atoms with Gasteiger partial charge >= 0.3 is 0 Å². The van der Waals surface area contributed by atoms with Crippen molar-refractivity contribution in [2.24, 2.45) is 0 Å². The van der Waals surface area contributed by atoms with E-state index in [0.717, 1.165) is 34.8 Å². The molecule has 0 saturated carbocycles. The fourth-order valence-corrected chi connectivity index (χ4v) is 2.78. The van der Waals surface area contributed by atoms with Gasteiger partial charge in [0.15, 0.2) is 5.82 Å². The van der Waals surface area contributed by atoms with E-state index in [0.29, 0.717) is 0 Å². The van der Waals surface area contributed by atoms with E-state index in [4.69, 9.17) is 4.74 Å². The number of nitrogens with zero attached hydrogens (tertiary/aromatic N) is 2. The average molecular weight is 279 g/mol. The Balaban J connectivity index is 2.62. The molecule has 0 aromatic carbocycles. The highest BCUT2D eigenvalue weighted by Gasteiger charge is 2.25. The molecule has 0 spiro atoms. The number of ether oxygens (including phenoxy) is 1. The highest BCUT2D eigenvalue weighted by molar-refractivity contribution is 7.18. The fourth-order valence-electron chi connectivity index (χ4n) is 1.81. The molecule has 0 bridgehead atoms. The molecular formula is C14H21N3OS. The van der Waals surface area contributed by atoms with Gasteiger partial charge in [-0.3, -0.25) is 0 Å². The molecule has 2 heterocycles. The van der Waals surface area contributed by atoms with Gasteiger partial charge in [-0.15, -0.1) is 11.3 Å². The third-order valence-corrected chi connectivity index (χ3v) is 4.36. The first kappa shape index (κ1) is 14.2. The quantitative estimate of drug-likeness (QED) is 0.909. The van der Waals surface area contributed by atoms with Crippen LogP contribution >= 0.6 is 11.3 Å². The smallest absolute Gasteiger partial charge is 0.163 e. The van der Waals surface area contributed by atoms with Crippen molar-refractivity contribution in [3.63, 3.8) is 0 Å². The van der Waals surface area contributed by atoms with Gasteiger partial charge in [-0.05, 0) is 33.3 Å². The summed E-state index contributed by atoms with van der Waals surface area (Å²) in [4.78, 5) is 11.7. The summed E-state index contributed by atoms with van der Waals surface area (Å²) < 4.78 is 5.49. The van der Waals surface area contributed by atoms with Gasteiger partial charge in [0, 0.05) is 18.5 Å². The minimum Gasteiger partial charge on any atom is -0.371 e. The van der Waals surface area contributed by atoms with Gasteiger partial charge in [0.05, 0.1) is 5.39 Å². The second-order valence-electron chi connectivity index (χ2n) is 4.93. The highest BCUT2D eigenvalue weighted by Crippen LogP contribution is 2.32. The maximum absolute atomic E-state index is 5.49. The summed E-state index contributed by atoms with van der Waals surface area (Å²) >= 11 is 1.73. The maximum Gasteiger partial charge on any atom is 0.163 e. The summed E-state index contributed by atoms with van der Waals surface area (Å²) in [6.07, 6.45) is 1.02. The van der Waals surface area contributed by atoms with Gasteiger partial charge in [0.25, 0.3) is 0 Å². The molecule has 4 nitrogen and oxygen atoms in total. The van der Waals surface area contributed by atoms with Crippen LogP contribution in [0.5, 0.6) is 0 Å². The first-order valence-electron chi connectivity index (χ1n) is 6.61. The molecule has 5 heteroatoms. The lowest BCUT2D eigenvalue weighted by molar-refractivity contribution is 0.0119. The Hall–Kier alpha value is -1.20. The Morgan fingerprint density at radius 1 is 1.32 bits per heavy atom. The maximum atomic E-state index is 5.49. The number of aromatic nitrogens is 2. The molecule has 0 atom stereocenters. The number of rotatable bonds is 5. The molecule has 104 valence electrons. The van der Waals surface area contributed by atoms with E-state index < -0.39 is 5.60 Å². The number of anilines is 1. The van der Waals surface area contributed by atoms with Crippen LogP contribution in [0.1, 0.15) is 38.4 Å². The molecule has 0 aliphatic carbocycles. The standard InChI is InChI=1S/C14H21N3OS/c1-6-9-8-10-11(15-7-2)16-13(14(3,4)18-5)17-12(10)19-9/h8H,6-7H2,1-5H3,(H,15,16,17).